The van der Waals surface area contributed by atoms with E-state index in [1.165, 1.54) is 22.0 Å². The second kappa shape index (κ2) is 6.78. The molecule has 0 unspecified atom stereocenters. The van der Waals surface area contributed by atoms with Gasteiger partial charge in [-0.15, -0.1) is 5.10 Å². The second-order valence-corrected chi connectivity index (χ2v) is 5.84. The Morgan fingerprint density at radius 3 is 2.58 bits per heavy atom. The molecular formula is C15H21N3S. The molecule has 2 aromatic rings. The molecule has 0 amide bonds. The summed E-state index contributed by atoms with van der Waals surface area (Å²) in [5.74, 6) is 0.563. The molecule has 1 N–H and O–H groups in total. The average Bonchev–Trinajstić information content (AvgIpc) is 2.87. The molecule has 19 heavy (non-hydrogen) atoms. The molecule has 0 atom stereocenters. The minimum atomic E-state index is 0.563. The largest absolute Gasteiger partial charge is 0.312 e. The first-order chi connectivity index (χ1) is 9.22. The van der Waals surface area contributed by atoms with Crippen LogP contribution in [-0.4, -0.2) is 16.1 Å². The molecule has 0 saturated carbocycles. The highest BCUT2D eigenvalue weighted by Crippen LogP contribution is 2.25. The monoisotopic (exact) mass is 275 g/mol. The third-order valence-electron chi connectivity index (χ3n) is 3.12. The molecule has 0 spiro atoms. The molecule has 1 aromatic heterocycles. The zero-order chi connectivity index (χ0) is 13.7. The summed E-state index contributed by atoms with van der Waals surface area (Å²) in [7, 11) is 0. The number of nitrogens with one attached hydrogen (secondary N) is 1. The highest BCUT2D eigenvalue weighted by atomic mass is 32.1. The average molecular weight is 275 g/mol. The van der Waals surface area contributed by atoms with Crippen LogP contribution in [0.2, 0.25) is 0 Å². The van der Waals surface area contributed by atoms with Crippen LogP contribution in [0.3, 0.4) is 0 Å². The van der Waals surface area contributed by atoms with E-state index in [0.29, 0.717) is 5.92 Å². The Balaban J connectivity index is 2.15. The van der Waals surface area contributed by atoms with Crippen molar-refractivity contribution in [3.8, 4) is 11.3 Å². The molecule has 4 heteroatoms. The van der Waals surface area contributed by atoms with Crippen molar-refractivity contribution in [1.82, 2.24) is 14.9 Å². The van der Waals surface area contributed by atoms with Gasteiger partial charge in [0.05, 0.1) is 4.88 Å². The van der Waals surface area contributed by atoms with Gasteiger partial charge >= 0.3 is 0 Å². The smallest absolute Gasteiger partial charge is 0.110 e. The van der Waals surface area contributed by atoms with Gasteiger partial charge in [0.1, 0.15) is 5.69 Å². The van der Waals surface area contributed by atoms with Crippen molar-refractivity contribution < 1.29 is 0 Å². The minimum absolute atomic E-state index is 0.563. The van der Waals surface area contributed by atoms with Gasteiger partial charge in [0, 0.05) is 12.1 Å². The third kappa shape index (κ3) is 3.61. The highest BCUT2D eigenvalue weighted by molar-refractivity contribution is 7.05. The molecule has 0 fully saturated rings. The second-order valence-electron chi connectivity index (χ2n) is 5.00. The standard InChI is InChI=1S/C15H21N3S/c1-4-9-16-10-14-15(17-18-19-14)13-7-5-12(6-8-13)11(2)3/h5-8,11,16H,4,9-10H2,1-3H3. The van der Waals surface area contributed by atoms with Crippen LogP contribution in [-0.2, 0) is 6.54 Å². The van der Waals surface area contributed by atoms with E-state index in [-0.39, 0.29) is 0 Å². The first-order valence-electron chi connectivity index (χ1n) is 6.84. The van der Waals surface area contributed by atoms with Crippen LogP contribution in [0, 0.1) is 0 Å². The van der Waals surface area contributed by atoms with Crippen LogP contribution in [0.15, 0.2) is 24.3 Å². The Labute approximate surface area is 119 Å². The lowest BCUT2D eigenvalue weighted by atomic mass is 10.0. The summed E-state index contributed by atoms with van der Waals surface area (Å²) in [5.41, 5.74) is 3.54. The van der Waals surface area contributed by atoms with E-state index >= 15 is 0 Å². The van der Waals surface area contributed by atoms with E-state index < -0.39 is 0 Å². The number of benzene rings is 1. The fraction of sp³-hybridized carbons (Fsp3) is 0.467. The van der Waals surface area contributed by atoms with Crippen LogP contribution in [0.4, 0.5) is 0 Å². The van der Waals surface area contributed by atoms with Gasteiger partial charge in [0.25, 0.3) is 0 Å². The summed E-state index contributed by atoms with van der Waals surface area (Å²) in [5, 5.41) is 7.68. The summed E-state index contributed by atoms with van der Waals surface area (Å²) < 4.78 is 4.09. The summed E-state index contributed by atoms with van der Waals surface area (Å²) in [4.78, 5) is 1.21. The lowest BCUT2D eigenvalue weighted by molar-refractivity contribution is 0.681. The van der Waals surface area contributed by atoms with E-state index in [0.717, 1.165) is 30.8 Å². The van der Waals surface area contributed by atoms with Crippen molar-refractivity contribution in [2.75, 3.05) is 6.54 Å². The molecule has 1 heterocycles. The number of aromatic nitrogens is 2. The Hall–Kier alpha value is -1.26. The van der Waals surface area contributed by atoms with E-state index in [2.05, 4.69) is 59.9 Å². The molecule has 0 aliphatic rings. The number of hydrogen-bond acceptors (Lipinski definition) is 4. The van der Waals surface area contributed by atoms with Gasteiger partial charge in [0.15, 0.2) is 0 Å². The van der Waals surface area contributed by atoms with Crippen molar-refractivity contribution in [3.63, 3.8) is 0 Å². The molecule has 2 rings (SSSR count). The van der Waals surface area contributed by atoms with Crippen LogP contribution in [0.25, 0.3) is 11.3 Å². The zero-order valence-electron chi connectivity index (χ0n) is 11.8. The molecule has 0 bridgehead atoms. The first kappa shape index (κ1) is 14.2. The maximum Gasteiger partial charge on any atom is 0.110 e. The molecule has 1 aromatic carbocycles. The summed E-state index contributed by atoms with van der Waals surface area (Å²) in [6, 6.07) is 8.66. The predicted octanol–water partition coefficient (Wildman–Crippen LogP) is 3.83. The van der Waals surface area contributed by atoms with Gasteiger partial charge in [-0.25, -0.2) is 0 Å². The van der Waals surface area contributed by atoms with E-state index in [1.807, 2.05) is 0 Å². The van der Waals surface area contributed by atoms with Crippen LogP contribution < -0.4 is 5.32 Å². The molecule has 0 saturated heterocycles. The van der Waals surface area contributed by atoms with Crippen LogP contribution in [0.5, 0.6) is 0 Å². The number of hydrogen-bond donors (Lipinski definition) is 1. The summed E-state index contributed by atoms with van der Waals surface area (Å²) in [6.45, 7) is 8.47. The molecule has 102 valence electrons. The lowest BCUT2D eigenvalue weighted by Crippen LogP contribution is -2.13. The Morgan fingerprint density at radius 2 is 1.95 bits per heavy atom. The SMILES string of the molecule is CCCNCc1snnc1-c1ccc(C(C)C)cc1. The van der Waals surface area contributed by atoms with Gasteiger partial charge in [-0.1, -0.05) is 49.5 Å². The number of rotatable bonds is 6. The van der Waals surface area contributed by atoms with Crippen molar-refractivity contribution in [2.45, 2.75) is 39.7 Å². The highest BCUT2D eigenvalue weighted by Gasteiger charge is 2.10. The van der Waals surface area contributed by atoms with Crippen LogP contribution >= 0.6 is 11.5 Å². The molecule has 0 aliphatic carbocycles. The van der Waals surface area contributed by atoms with Gasteiger partial charge in [-0.05, 0) is 36.0 Å². The van der Waals surface area contributed by atoms with Crippen LogP contribution in [0.1, 0.15) is 43.6 Å². The van der Waals surface area contributed by atoms with Gasteiger partial charge < -0.3 is 5.32 Å². The van der Waals surface area contributed by atoms with Crippen molar-refractivity contribution in [1.29, 1.82) is 0 Å². The van der Waals surface area contributed by atoms with E-state index in [4.69, 9.17) is 0 Å². The number of nitrogens with zero attached hydrogens (tertiary/aromatic N) is 2. The normalized spacial score (nSPS) is 11.2. The van der Waals surface area contributed by atoms with Gasteiger partial charge in [0.2, 0.25) is 0 Å². The minimum Gasteiger partial charge on any atom is -0.312 e. The fourth-order valence-electron chi connectivity index (χ4n) is 1.95. The van der Waals surface area contributed by atoms with E-state index in [9.17, 15) is 0 Å². The predicted molar refractivity (Wildman–Crippen MR) is 81.4 cm³/mol. The Morgan fingerprint density at radius 1 is 1.21 bits per heavy atom. The Kier molecular flexibility index (Phi) is 5.05. The molecule has 0 aliphatic heterocycles. The quantitative estimate of drug-likeness (QED) is 0.814. The van der Waals surface area contributed by atoms with Crippen molar-refractivity contribution in [3.05, 3.63) is 34.7 Å². The first-order valence-corrected chi connectivity index (χ1v) is 7.62. The Bertz CT molecular complexity index is 502. The van der Waals surface area contributed by atoms with E-state index in [1.54, 1.807) is 0 Å². The molecular weight excluding hydrogens is 254 g/mol. The molecule has 0 radical (unpaired) electrons. The van der Waals surface area contributed by atoms with Crippen molar-refractivity contribution >= 4 is 11.5 Å². The summed E-state index contributed by atoms with van der Waals surface area (Å²) in [6.07, 6.45) is 1.14. The maximum absolute atomic E-state index is 4.27. The fourth-order valence-corrected chi connectivity index (χ4v) is 2.58. The topological polar surface area (TPSA) is 37.8 Å². The zero-order valence-corrected chi connectivity index (χ0v) is 12.6. The lowest BCUT2D eigenvalue weighted by Gasteiger charge is -2.07. The van der Waals surface area contributed by atoms with Gasteiger partial charge in [-0.2, -0.15) is 0 Å². The summed E-state index contributed by atoms with van der Waals surface area (Å²) >= 11 is 1.48. The molecule has 3 nitrogen and oxygen atoms in total. The van der Waals surface area contributed by atoms with Gasteiger partial charge in [-0.3, -0.25) is 0 Å². The van der Waals surface area contributed by atoms with Crippen molar-refractivity contribution in [2.24, 2.45) is 0 Å². The third-order valence-corrected chi connectivity index (χ3v) is 3.84. The maximum atomic E-state index is 4.27.